The first-order valence-corrected chi connectivity index (χ1v) is 7.19. The summed E-state index contributed by atoms with van der Waals surface area (Å²) in [5.41, 5.74) is 1.01. The van der Waals surface area contributed by atoms with Crippen molar-refractivity contribution >= 4 is 11.6 Å². The number of rotatable bonds is 7. The van der Waals surface area contributed by atoms with Crippen LogP contribution in [0.3, 0.4) is 0 Å². The molecule has 4 nitrogen and oxygen atoms in total. The summed E-state index contributed by atoms with van der Waals surface area (Å²) in [5.74, 6) is 1.23. The first-order chi connectivity index (χ1) is 9.65. The van der Waals surface area contributed by atoms with Crippen LogP contribution in [0.15, 0.2) is 12.1 Å². The molecule has 0 amide bonds. The van der Waals surface area contributed by atoms with Crippen molar-refractivity contribution in [1.82, 2.24) is 5.32 Å². The minimum absolute atomic E-state index is 0.0169. The predicted molar refractivity (Wildman–Crippen MR) is 79.9 cm³/mol. The molecule has 1 aliphatic carbocycles. The Morgan fingerprint density at radius 3 is 2.45 bits per heavy atom. The van der Waals surface area contributed by atoms with Gasteiger partial charge in [0.1, 0.15) is 0 Å². The summed E-state index contributed by atoms with van der Waals surface area (Å²) in [5, 5.41) is 4.02. The minimum Gasteiger partial charge on any atom is -0.493 e. The molecule has 0 saturated heterocycles. The molecule has 2 rings (SSSR count). The number of methoxy groups -OCH3 is 3. The van der Waals surface area contributed by atoms with E-state index in [1.54, 1.807) is 21.3 Å². The lowest BCUT2D eigenvalue weighted by Gasteiger charge is -2.40. The standard InChI is InChI=1S/C15H22ClNO3/c1-18-12-6-5-11(13(16)14(12)19-2)9-17-10-15(20-3)7-4-8-15/h5-6,17H,4,7-10H2,1-3H3. The maximum absolute atomic E-state index is 6.35. The Bertz CT molecular complexity index is 455. The highest BCUT2D eigenvalue weighted by molar-refractivity contribution is 6.33. The summed E-state index contributed by atoms with van der Waals surface area (Å²) in [6, 6.07) is 3.83. The van der Waals surface area contributed by atoms with Gasteiger partial charge >= 0.3 is 0 Å². The SMILES string of the molecule is COc1ccc(CNCC2(OC)CCC2)c(Cl)c1OC. The fourth-order valence-electron chi connectivity index (χ4n) is 2.52. The van der Waals surface area contributed by atoms with Crippen molar-refractivity contribution < 1.29 is 14.2 Å². The molecule has 0 spiro atoms. The molecule has 0 heterocycles. The number of hydrogen-bond donors (Lipinski definition) is 1. The van der Waals surface area contributed by atoms with E-state index in [1.165, 1.54) is 6.42 Å². The highest BCUT2D eigenvalue weighted by atomic mass is 35.5. The summed E-state index contributed by atoms with van der Waals surface area (Å²) in [4.78, 5) is 0. The van der Waals surface area contributed by atoms with E-state index in [9.17, 15) is 0 Å². The van der Waals surface area contributed by atoms with Crippen LogP contribution in [0.5, 0.6) is 11.5 Å². The fourth-order valence-corrected chi connectivity index (χ4v) is 2.82. The van der Waals surface area contributed by atoms with Gasteiger partial charge in [-0.15, -0.1) is 0 Å². The molecule has 1 aliphatic rings. The first kappa shape index (κ1) is 15.4. The zero-order valence-electron chi connectivity index (χ0n) is 12.3. The Kier molecular flexibility index (Phi) is 5.13. The molecule has 20 heavy (non-hydrogen) atoms. The Morgan fingerprint density at radius 1 is 1.20 bits per heavy atom. The van der Waals surface area contributed by atoms with Crippen LogP contribution in [0.1, 0.15) is 24.8 Å². The summed E-state index contributed by atoms with van der Waals surface area (Å²) in [6.45, 7) is 1.53. The van der Waals surface area contributed by atoms with Crippen molar-refractivity contribution in [2.24, 2.45) is 0 Å². The van der Waals surface area contributed by atoms with Crippen LogP contribution in [0.2, 0.25) is 5.02 Å². The molecular formula is C15H22ClNO3. The highest BCUT2D eigenvalue weighted by Crippen LogP contribution is 2.37. The second-order valence-corrected chi connectivity index (χ2v) is 5.50. The fraction of sp³-hybridized carbons (Fsp3) is 0.600. The van der Waals surface area contributed by atoms with Gasteiger partial charge in [0, 0.05) is 20.2 Å². The Labute approximate surface area is 125 Å². The number of ether oxygens (including phenoxy) is 3. The van der Waals surface area contributed by atoms with Gasteiger partial charge in [-0.25, -0.2) is 0 Å². The van der Waals surface area contributed by atoms with Crippen LogP contribution in [-0.4, -0.2) is 33.5 Å². The second-order valence-electron chi connectivity index (χ2n) is 5.12. The maximum atomic E-state index is 6.35. The molecule has 0 radical (unpaired) electrons. The van der Waals surface area contributed by atoms with E-state index < -0.39 is 0 Å². The number of benzene rings is 1. The summed E-state index contributed by atoms with van der Waals surface area (Å²) >= 11 is 6.35. The van der Waals surface area contributed by atoms with Crippen molar-refractivity contribution in [3.8, 4) is 11.5 Å². The molecule has 1 aromatic carbocycles. The van der Waals surface area contributed by atoms with E-state index >= 15 is 0 Å². The third-order valence-electron chi connectivity index (χ3n) is 4.03. The van der Waals surface area contributed by atoms with E-state index in [2.05, 4.69) is 5.32 Å². The first-order valence-electron chi connectivity index (χ1n) is 6.81. The van der Waals surface area contributed by atoms with Crippen LogP contribution in [0.25, 0.3) is 0 Å². The summed E-state index contributed by atoms with van der Waals surface area (Å²) in [6.07, 6.45) is 3.49. The van der Waals surface area contributed by atoms with Gasteiger partial charge in [-0.05, 0) is 30.9 Å². The van der Waals surface area contributed by atoms with Gasteiger partial charge in [-0.1, -0.05) is 17.7 Å². The molecule has 5 heteroatoms. The van der Waals surface area contributed by atoms with Crippen molar-refractivity contribution in [1.29, 1.82) is 0 Å². The van der Waals surface area contributed by atoms with E-state index in [0.29, 0.717) is 23.1 Å². The molecule has 0 bridgehead atoms. The Morgan fingerprint density at radius 2 is 1.95 bits per heavy atom. The smallest absolute Gasteiger partial charge is 0.179 e. The number of hydrogen-bond acceptors (Lipinski definition) is 4. The molecule has 1 fully saturated rings. The second kappa shape index (κ2) is 6.66. The molecule has 1 saturated carbocycles. The lowest BCUT2D eigenvalue weighted by atomic mass is 9.80. The maximum Gasteiger partial charge on any atom is 0.179 e. The van der Waals surface area contributed by atoms with Gasteiger partial charge in [0.15, 0.2) is 11.5 Å². The summed E-state index contributed by atoms with van der Waals surface area (Å²) in [7, 11) is 4.98. The molecule has 0 aliphatic heterocycles. The van der Waals surface area contributed by atoms with Gasteiger partial charge in [-0.3, -0.25) is 0 Å². The topological polar surface area (TPSA) is 39.7 Å². The largest absolute Gasteiger partial charge is 0.493 e. The Balaban J connectivity index is 1.99. The Hall–Kier alpha value is -0.970. The van der Waals surface area contributed by atoms with Crippen LogP contribution < -0.4 is 14.8 Å². The molecule has 1 aromatic rings. The van der Waals surface area contributed by atoms with Gasteiger partial charge in [-0.2, -0.15) is 0 Å². The summed E-state index contributed by atoms with van der Waals surface area (Å²) < 4.78 is 16.1. The predicted octanol–water partition coefficient (Wildman–Crippen LogP) is 3.02. The zero-order chi connectivity index (χ0) is 14.6. The minimum atomic E-state index is 0.0169. The molecule has 0 aromatic heterocycles. The van der Waals surface area contributed by atoms with Crippen LogP contribution in [0, 0.1) is 0 Å². The number of halogens is 1. The average Bonchev–Trinajstić information content (AvgIpc) is 2.43. The normalized spacial score (nSPS) is 16.6. The molecular weight excluding hydrogens is 278 g/mol. The van der Waals surface area contributed by atoms with Gasteiger partial charge in [0.25, 0.3) is 0 Å². The van der Waals surface area contributed by atoms with Crippen LogP contribution >= 0.6 is 11.6 Å². The van der Waals surface area contributed by atoms with E-state index in [1.807, 2.05) is 12.1 Å². The van der Waals surface area contributed by atoms with Crippen molar-refractivity contribution in [2.75, 3.05) is 27.9 Å². The average molecular weight is 300 g/mol. The van der Waals surface area contributed by atoms with Crippen molar-refractivity contribution in [3.63, 3.8) is 0 Å². The van der Waals surface area contributed by atoms with Gasteiger partial charge in [0.2, 0.25) is 0 Å². The van der Waals surface area contributed by atoms with Crippen LogP contribution in [0.4, 0.5) is 0 Å². The third-order valence-corrected chi connectivity index (χ3v) is 4.44. The van der Waals surface area contributed by atoms with E-state index in [-0.39, 0.29) is 5.60 Å². The molecule has 0 unspecified atom stereocenters. The van der Waals surface area contributed by atoms with Crippen molar-refractivity contribution in [3.05, 3.63) is 22.7 Å². The highest BCUT2D eigenvalue weighted by Gasteiger charge is 2.36. The monoisotopic (exact) mass is 299 g/mol. The van der Waals surface area contributed by atoms with Gasteiger partial charge in [0.05, 0.1) is 24.8 Å². The molecule has 1 N–H and O–H groups in total. The molecule has 112 valence electrons. The van der Waals surface area contributed by atoms with Crippen molar-refractivity contribution in [2.45, 2.75) is 31.4 Å². The van der Waals surface area contributed by atoms with E-state index in [0.717, 1.165) is 24.9 Å². The number of nitrogens with one attached hydrogen (secondary N) is 1. The third kappa shape index (κ3) is 3.03. The quantitative estimate of drug-likeness (QED) is 0.840. The zero-order valence-corrected chi connectivity index (χ0v) is 13.0. The molecule has 0 atom stereocenters. The van der Waals surface area contributed by atoms with Crippen LogP contribution in [-0.2, 0) is 11.3 Å². The van der Waals surface area contributed by atoms with E-state index in [4.69, 9.17) is 25.8 Å². The lowest BCUT2D eigenvalue weighted by Crippen LogP contribution is -2.47. The lowest BCUT2D eigenvalue weighted by molar-refractivity contribution is -0.0695. The van der Waals surface area contributed by atoms with Gasteiger partial charge < -0.3 is 19.5 Å².